The van der Waals surface area contributed by atoms with E-state index in [1.165, 1.54) is 21.5 Å². The quantitative estimate of drug-likeness (QED) is 0.813. The van der Waals surface area contributed by atoms with Crippen molar-refractivity contribution in [3.05, 3.63) is 52.4 Å². The van der Waals surface area contributed by atoms with E-state index in [4.69, 9.17) is 5.11 Å². The van der Waals surface area contributed by atoms with Gasteiger partial charge < -0.3 is 5.11 Å². The van der Waals surface area contributed by atoms with Crippen molar-refractivity contribution in [2.24, 2.45) is 0 Å². The number of sulfonamides is 1. The van der Waals surface area contributed by atoms with Gasteiger partial charge in [-0.3, -0.25) is 9.69 Å². The molecule has 1 N–H and O–H groups in total. The van der Waals surface area contributed by atoms with E-state index < -0.39 is 16.0 Å². The van der Waals surface area contributed by atoms with Gasteiger partial charge in [0.15, 0.2) is 0 Å². The number of aliphatic carboxylic acids is 1. The van der Waals surface area contributed by atoms with Crippen LogP contribution in [0.25, 0.3) is 0 Å². The van der Waals surface area contributed by atoms with Gasteiger partial charge in [-0.1, -0.05) is 29.8 Å². The lowest BCUT2D eigenvalue weighted by molar-refractivity contribution is -0.136. The molecule has 0 spiro atoms. The molecular weight excluding hydrogens is 372 g/mol. The van der Waals surface area contributed by atoms with Crippen LogP contribution in [-0.4, -0.2) is 54.9 Å². The molecule has 0 unspecified atom stereocenters. The monoisotopic (exact) mass is 394 g/mol. The van der Waals surface area contributed by atoms with Crippen LogP contribution in [0.3, 0.4) is 0 Å². The lowest BCUT2D eigenvalue weighted by atomic mass is 10.1. The number of thiophene rings is 1. The number of carboxylic acid groups (broad SMARTS) is 1. The summed E-state index contributed by atoms with van der Waals surface area (Å²) in [7, 11) is -3.55. The predicted octanol–water partition coefficient (Wildman–Crippen LogP) is 2.19. The highest BCUT2D eigenvalue weighted by Gasteiger charge is 2.29. The minimum absolute atomic E-state index is 0.148. The largest absolute Gasteiger partial charge is 0.481 e. The van der Waals surface area contributed by atoms with Crippen LogP contribution in [0.1, 0.15) is 16.0 Å². The van der Waals surface area contributed by atoms with Gasteiger partial charge >= 0.3 is 5.97 Å². The number of hydrogen-bond donors (Lipinski definition) is 1. The molecule has 0 bridgehead atoms. The molecular formula is C18H22N2O4S2. The van der Waals surface area contributed by atoms with E-state index in [2.05, 4.69) is 30.0 Å². The highest BCUT2D eigenvalue weighted by Crippen LogP contribution is 2.26. The number of carboxylic acids is 1. The van der Waals surface area contributed by atoms with Crippen molar-refractivity contribution in [3.63, 3.8) is 0 Å². The maximum Gasteiger partial charge on any atom is 0.308 e. The fourth-order valence-corrected chi connectivity index (χ4v) is 5.99. The molecule has 1 aromatic heterocycles. The topological polar surface area (TPSA) is 77.9 Å². The third-order valence-corrected chi connectivity index (χ3v) is 7.83. The Morgan fingerprint density at radius 3 is 2.54 bits per heavy atom. The first-order valence-electron chi connectivity index (χ1n) is 8.43. The first-order chi connectivity index (χ1) is 12.3. The standard InChI is InChI=1S/C18H22N2O4S2/c1-14-3-2-4-15(11-14)13-19-7-9-20(10-8-19)26(23,24)18-6-5-16(25-18)12-17(21)22/h2-6,11H,7-10,12-13H2,1H3,(H,21,22). The molecule has 2 heterocycles. The van der Waals surface area contributed by atoms with E-state index >= 15 is 0 Å². The first-order valence-corrected chi connectivity index (χ1v) is 10.7. The number of hydrogen-bond acceptors (Lipinski definition) is 5. The summed E-state index contributed by atoms with van der Waals surface area (Å²) in [4.78, 5) is 13.6. The molecule has 1 saturated heterocycles. The molecule has 140 valence electrons. The molecule has 26 heavy (non-hydrogen) atoms. The molecule has 8 heteroatoms. The molecule has 0 saturated carbocycles. The van der Waals surface area contributed by atoms with Crippen LogP contribution in [0, 0.1) is 6.92 Å². The van der Waals surface area contributed by atoms with Gasteiger partial charge in [0.2, 0.25) is 0 Å². The Morgan fingerprint density at radius 1 is 1.15 bits per heavy atom. The lowest BCUT2D eigenvalue weighted by Crippen LogP contribution is -2.48. The molecule has 2 aromatic rings. The number of piperazine rings is 1. The van der Waals surface area contributed by atoms with Crippen LogP contribution in [0.15, 0.2) is 40.6 Å². The van der Waals surface area contributed by atoms with Crippen LogP contribution in [-0.2, 0) is 27.8 Å². The number of carbonyl (C=O) groups is 1. The molecule has 0 radical (unpaired) electrons. The second-order valence-electron chi connectivity index (χ2n) is 6.46. The maximum atomic E-state index is 12.8. The van der Waals surface area contributed by atoms with Gasteiger partial charge in [-0.15, -0.1) is 11.3 Å². The maximum absolute atomic E-state index is 12.8. The van der Waals surface area contributed by atoms with Crippen LogP contribution in [0.4, 0.5) is 0 Å². The van der Waals surface area contributed by atoms with E-state index in [9.17, 15) is 13.2 Å². The first kappa shape index (κ1) is 19.0. The summed E-state index contributed by atoms with van der Waals surface area (Å²) in [5.74, 6) is -0.958. The molecule has 1 aromatic carbocycles. The average Bonchev–Trinajstić information content (AvgIpc) is 3.04. The van der Waals surface area contributed by atoms with E-state index in [1.54, 1.807) is 6.07 Å². The summed E-state index contributed by atoms with van der Waals surface area (Å²) in [5, 5.41) is 8.84. The Labute approximate surface area is 157 Å². The molecule has 0 aliphatic carbocycles. The molecule has 3 rings (SSSR count). The van der Waals surface area contributed by atoms with E-state index in [-0.39, 0.29) is 10.6 Å². The van der Waals surface area contributed by atoms with Crippen LogP contribution in [0.5, 0.6) is 0 Å². The van der Waals surface area contributed by atoms with Gasteiger partial charge in [-0.25, -0.2) is 8.42 Å². The van der Waals surface area contributed by atoms with Crippen LogP contribution in [0.2, 0.25) is 0 Å². The van der Waals surface area contributed by atoms with Crippen molar-refractivity contribution in [2.75, 3.05) is 26.2 Å². The number of aryl methyl sites for hydroxylation is 1. The fourth-order valence-electron chi connectivity index (χ4n) is 3.06. The predicted molar refractivity (Wildman–Crippen MR) is 101 cm³/mol. The van der Waals surface area contributed by atoms with Gasteiger partial charge in [0.1, 0.15) is 4.21 Å². The molecule has 6 nitrogen and oxygen atoms in total. The number of rotatable bonds is 6. The van der Waals surface area contributed by atoms with Crippen molar-refractivity contribution in [1.29, 1.82) is 0 Å². The SMILES string of the molecule is Cc1cccc(CN2CCN(S(=O)(=O)c3ccc(CC(=O)O)s3)CC2)c1. The Kier molecular flexibility index (Phi) is 5.76. The average molecular weight is 395 g/mol. The zero-order chi connectivity index (χ0) is 18.7. The third-order valence-electron chi connectivity index (χ3n) is 4.38. The molecule has 1 fully saturated rings. The minimum Gasteiger partial charge on any atom is -0.481 e. The van der Waals surface area contributed by atoms with Gasteiger partial charge in [0.25, 0.3) is 10.0 Å². The van der Waals surface area contributed by atoms with Crippen molar-refractivity contribution >= 4 is 27.3 Å². The summed E-state index contributed by atoms with van der Waals surface area (Å²) < 4.78 is 27.3. The normalized spacial score (nSPS) is 16.7. The van der Waals surface area contributed by atoms with Gasteiger partial charge in [0, 0.05) is 37.6 Å². The van der Waals surface area contributed by atoms with Gasteiger partial charge in [-0.2, -0.15) is 4.31 Å². The zero-order valence-electron chi connectivity index (χ0n) is 14.6. The third kappa shape index (κ3) is 4.50. The van der Waals surface area contributed by atoms with Crippen molar-refractivity contribution in [3.8, 4) is 0 Å². The number of nitrogens with zero attached hydrogens (tertiary/aromatic N) is 2. The number of benzene rings is 1. The summed E-state index contributed by atoms with van der Waals surface area (Å²) in [6.45, 7) is 5.13. The van der Waals surface area contributed by atoms with E-state index in [1.807, 2.05) is 6.07 Å². The summed E-state index contributed by atoms with van der Waals surface area (Å²) >= 11 is 1.04. The summed E-state index contributed by atoms with van der Waals surface area (Å²) in [5.41, 5.74) is 2.46. The summed E-state index contributed by atoms with van der Waals surface area (Å²) in [6, 6.07) is 11.4. The molecule has 0 amide bonds. The second kappa shape index (κ2) is 7.87. The Morgan fingerprint density at radius 2 is 1.88 bits per heavy atom. The Balaban J connectivity index is 1.61. The Hall–Kier alpha value is -1.74. The summed E-state index contributed by atoms with van der Waals surface area (Å²) in [6.07, 6.45) is -0.148. The molecule has 0 atom stereocenters. The van der Waals surface area contributed by atoms with Crippen LogP contribution >= 0.6 is 11.3 Å². The lowest BCUT2D eigenvalue weighted by Gasteiger charge is -2.33. The van der Waals surface area contributed by atoms with E-state index in [0.29, 0.717) is 31.1 Å². The van der Waals surface area contributed by atoms with Crippen molar-refractivity contribution in [1.82, 2.24) is 9.21 Å². The van der Waals surface area contributed by atoms with Gasteiger partial charge in [0.05, 0.1) is 6.42 Å². The van der Waals surface area contributed by atoms with E-state index in [0.717, 1.165) is 17.9 Å². The van der Waals surface area contributed by atoms with Gasteiger partial charge in [-0.05, 0) is 24.6 Å². The highest BCUT2D eigenvalue weighted by atomic mass is 32.2. The smallest absolute Gasteiger partial charge is 0.308 e. The second-order valence-corrected chi connectivity index (χ2v) is 9.79. The minimum atomic E-state index is -3.55. The Bertz CT molecular complexity index is 884. The highest BCUT2D eigenvalue weighted by molar-refractivity contribution is 7.91. The zero-order valence-corrected chi connectivity index (χ0v) is 16.2. The van der Waals surface area contributed by atoms with Crippen molar-refractivity contribution in [2.45, 2.75) is 24.1 Å². The molecule has 1 aliphatic heterocycles. The molecule has 1 aliphatic rings. The van der Waals surface area contributed by atoms with Crippen molar-refractivity contribution < 1.29 is 18.3 Å². The van der Waals surface area contributed by atoms with Crippen LogP contribution < -0.4 is 0 Å². The fraction of sp³-hybridized carbons (Fsp3) is 0.389.